The van der Waals surface area contributed by atoms with Crippen LogP contribution in [0.2, 0.25) is 0 Å². The topological polar surface area (TPSA) is 64.3 Å². The summed E-state index contributed by atoms with van der Waals surface area (Å²) >= 11 is 4.92. The molecule has 0 spiro atoms. The number of nitrogens with two attached hydrogens (primary N) is 1. The minimum Gasteiger partial charge on any atom is -0.393 e. The van der Waals surface area contributed by atoms with Crippen LogP contribution in [0.1, 0.15) is 26.7 Å². The van der Waals surface area contributed by atoms with Gasteiger partial charge in [0.25, 0.3) is 0 Å². The van der Waals surface area contributed by atoms with Crippen LogP contribution in [0.3, 0.4) is 0 Å². The third-order valence-electron chi connectivity index (χ3n) is 2.76. The monoisotopic (exact) mass is 244 g/mol. The Kier molecular flexibility index (Phi) is 5.15. The van der Waals surface area contributed by atoms with Crippen molar-refractivity contribution in [3.8, 4) is 0 Å². The van der Waals surface area contributed by atoms with Gasteiger partial charge in [-0.3, -0.25) is 4.79 Å². The number of ether oxygens (including phenoxy) is 1. The van der Waals surface area contributed by atoms with Crippen LogP contribution in [-0.4, -0.2) is 30.2 Å². The predicted octanol–water partition coefficient (Wildman–Crippen LogP) is 0.840. The second-order valence-electron chi connectivity index (χ2n) is 4.55. The first kappa shape index (κ1) is 13.4. The van der Waals surface area contributed by atoms with Crippen molar-refractivity contribution in [2.24, 2.45) is 17.6 Å². The van der Waals surface area contributed by atoms with Crippen molar-refractivity contribution in [1.82, 2.24) is 5.32 Å². The number of thiocarbonyl (C=S) groups is 1. The Morgan fingerprint density at radius 3 is 2.69 bits per heavy atom. The van der Waals surface area contributed by atoms with Crippen LogP contribution in [0.25, 0.3) is 0 Å². The summed E-state index contributed by atoms with van der Waals surface area (Å²) in [6, 6.07) is 0.108. The lowest BCUT2D eigenvalue weighted by Crippen LogP contribution is -2.47. The third kappa shape index (κ3) is 3.72. The van der Waals surface area contributed by atoms with Crippen molar-refractivity contribution in [3.63, 3.8) is 0 Å². The van der Waals surface area contributed by atoms with E-state index in [1.165, 1.54) is 0 Å². The van der Waals surface area contributed by atoms with Crippen LogP contribution < -0.4 is 11.1 Å². The Labute approximate surface area is 102 Å². The molecule has 1 aliphatic heterocycles. The predicted molar refractivity (Wildman–Crippen MR) is 67.1 cm³/mol. The van der Waals surface area contributed by atoms with Crippen LogP contribution in [0, 0.1) is 11.8 Å². The lowest BCUT2D eigenvalue weighted by molar-refractivity contribution is -0.125. The van der Waals surface area contributed by atoms with Crippen LogP contribution >= 0.6 is 12.2 Å². The summed E-state index contributed by atoms with van der Waals surface area (Å²) in [5.74, 6) is -0.322. The molecule has 2 atom stereocenters. The van der Waals surface area contributed by atoms with E-state index in [1.54, 1.807) is 0 Å². The van der Waals surface area contributed by atoms with Crippen molar-refractivity contribution < 1.29 is 9.53 Å². The number of amides is 1. The molecule has 1 fully saturated rings. The molecule has 16 heavy (non-hydrogen) atoms. The maximum absolute atomic E-state index is 12.0. The number of carbonyl (C=O) groups is 1. The molecule has 1 heterocycles. The summed E-state index contributed by atoms with van der Waals surface area (Å²) in [6.07, 6.45) is 1.96. The zero-order valence-electron chi connectivity index (χ0n) is 9.86. The Morgan fingerprint density at radius 1 is 1.56 bits per heavy atom. The standard InChI is InChI=1S/C11H20N2O2S/c1-7(2)9(10(12)16)11(14)13-8-4-3-5-15-6-8/h7-9H,3-6H2,1-2H3,(H2,12,16)(H,13,14). The van der Waals surface area contributed by atoms with Gasteiger partial charge in [-0.15, -0.1) is 0 Å². The van der Waals surface area contributed by atoms with Gasteiger partial charge in [0.2, 0.25) is 5.91 Å². The second-order valence-corrected chi connectivity index (χ2v) is 5.02. The van der Waals surface area contributed by atoms with E-state index in [4.69, 9.17) is 22.7 Å². The highest BCUT2D eigenvalue weighted by atomic mass is 32.1. The molecular formula is C11H20N2O2S. The molecule has 5 heteroatoms. The van der Waals surface area contributed by atoms with Crippen LogP contribution in [-0.2, 0) is 9.53 Å². The van der Waals surface area contributed by atoms with Gasteiger partial charge in [-0.1, -0.05) is 26.1 Å². The van der Waals surface area contributed by atoms with Crippen LogP contribution in [0.15, 0.2) is 0 Å². The zero-order chi connectivity index (χ0) is 12.1. The third-order valence-corrected chi connectivity index (χ3v) is 3.02. The molecule has 4 nitrogen and oxygen atoms in total. The van der Waals surface area contributed by atoms with Crippen molar-refractivity contribution in [3.05, 3.63) is 0 Å². The van der Waals surface area contributed by atoms with E-state index in [2.05, 4.69) is 5.32 Å². The first-order valence-electron chi connectivity index (χ1n) is 5.69. The SMILES string of the molecule is CC(C)C(C(=O)NC1CCCOC1)C(N)=S. The molecule has 0 radical (unpaired) electrons. The zero-order valence-corrected chi connectivity index (χ0v) is 10.7. The van der Waals surface area contributed by atoms with Gasteiger partial charge in [-0.25, -0.2) is 0 Å². The summed E-state index contributed by atoms with van der Waals surface area (Å²) < 4.78 is 5.30. The molecule has 1 amide bonds. The average molecular weight is 244 g/mol. The van der Waals surface area contributed by atoms with E-state index in [9.17, 15) is 4.79 Å². The van der Waals surface area contributed by atoms with Crippen LogP contribution in [0.4, 0.5) is 0 Å². The molecule has 3 N–H and O–H groups in total. The molecule has 0 aliphatic carbocycles. The molecule has 0 aromatic heterocycles. The fourth-order valence-corrected chi connectivity index (χ4v) is 2.29. The highest BCUT2D eigenvalue weighted by Crippen LogP contribution is 2.13. The average Bonchev–Trinajstić information content (AvgIpc) is 2.17. The van der Waals surface area contributed by atoms with E-state index in [0.29, 0.717) is 6.61 Å². The normalized spacial score (nSPS) is 22.8. The van der Waals surface area contributed by atoms with Gasteiger partial charge in [-0.2, -0.15) is 0 Å². The Hall–Kier alpha value is -0.680. The molecule has 1 saturated heterocycles. The van der Waals surface area contributed by atoms with E-state index < -0.39 is 0 Å². The van der Waals surface area contributed by atoms with Gasteiger partial charge in [-0.05, 0) is 18.8 Å². The van der Waals surface area contributed by atoms with Gasteiger partial charge in [0.1, 0.15) is 0 Å². The largest absolute Gasteiger partial charge is 0.393 e. The first-order valence-corrected chi connectivity index (χ1v) is 6.10. The van der Waals surface area contributed by atoms with E-state index in [-0.39, 0.29) is 28.8 Å². The Balaban J connectivity index is 2.51. The Morgan fingerprint density at radius 2 is 2.25 bits per heavy atom. The fourth-order valence-electron chi connectivity index (χ4n) is 1.91. The second kappa shape index (κ2) is 6.15. The lowest BCUT2D eigenvalue weighted by atomic mass is 9.94. The van der Waals surface area contributed by atoms with Crippen molar-refractivity contribution in [1.29, 1.82) is 0 Å². The molecule has 0 aromatic carbocycles. The van der Waals surface area contributed by atoms with E-state index >= 15 is 0 Å². The molecule has 0 bridgehead atoms. The van der Waals surface area contributed by atoms with Crippen molar-refractivity contribution in [2.45, 2.75) is 32.7 Å². The summed E-state index contributed by atoms with van der Waals surface area (Å²) in [5.41, 5.74) is 5.58. The first-order chi connectivity index (χ1) is 7.52. The maximum Gasteiger partial charge on any atom is 0.230 e. The molecule has 1 rings (SSSR count). The molecule has 1 aliphatic rings. The number of rotatable bonds is 4. The molecular weight excluding hydrogens is 224 g/mol. The summed E-state index contributed by atoms with van der Waals surface area (Å²) in [6.45, 7) is 5.27. The van der Waals surface area contributed by atoms with Gasteiger partial charge in [0.05, 0.1) is 23.6 Å². The number of carbonyl (C=O) groups excluding carboxylic acids is 1. The summed E-state index contributed by atoms with van der Waals surface area (Å²) in [7, 11) is 0. The lowest BCUT2D eigenvalue weighted by Gasteiger charge is -2.26. The maximum atomic E-state index is 12.0. The van der Waals surface area contributed by atoms with Crippen LogP contribution in [0.5, 0.6) is 0 Å². The molecule has 0 aromatic rings. The minimum absolute atomic E-state index is 0.0713. The van der Waals surface area contributed by atoms with Gasteiger partial charge in [0.15, 0.2) is 0 Å². The minimum atomic E-state index is -0.378. The smallest absolute Gasteiger partial charge is 0.230 e. The number of hydrogen-bond acceptors (Lipinski definition) is 3. The van der Waals surface area contributed by atoms with Crippen molar-refractivity contribution >= 4 is 23.1 Å². The van der Waals surface area contributed by atoms with E-state index in [0.717, 1.165) is 19.4 Å². The highest BCUT2D eigenvalue weighted by molar-refractivity contribution is 7.80. The van der Waals surface area contributed by atoms with Gasteiger partial charge in [0, 0.05) is 6.61 Å². The quantitative estimate of drug-likeness (QED) is 0.719. The van der Waals surface area contributed by atoms with Gasteiger partial charge >= 0.3 is 0 Å². The van der Waals surface area contributed by atoms with Gasteiger partial charge < -0.3 is 15.8 Å². The van der Waals surface area contributed by atoms with E-state index in [1.807, 2.05) is 13.8 Å². The molecule has 0 saturated carbocycles. The fraction of sp³-hybridized carbons (Fsp3) is 0.818. The Bertz CT molecular complexity index is 263. The molecule has 92 valence electrons. The number of hydrogen-bond donors (Lipinski definition) is 2. The molecule has 2 unspecified atom stereocenters. The highest BCUT2D eigenvalue weighted by Gasteiger charge is 2.27. The summed E-state index contributed by atoms with van der Waals surface area (Å²) in [4.78, 5) is 12.2. The number of nitrogens with one attached hydrogen (secondary N) is 1. The van der Waals surface area contributed by atoms with Crippen molar-refractivity contribution in [2.75, 3.05) is 13.2 Å². The summed E-state index contributed by atoms with van der Waals surface area (Å²) in [5, 5.41) is 2.95.